The molecule has 0 fully saturated rings. The van der Waals surface area contributed by atoms with Crippen LogP contribution in [0.3, 0.4) is 0 Å². The van der Waals surface area contributed by atoms with E-state index in [1.807, 2.05) is 13.0 Å². The Labute approximate surface area is 105 Å². The average Bonchev–Trinajstić information content (AvgIpc) is 2.38. The zero-order valence-corrected chi connectivity index (χ0v) is 10.2. The number of esters is 1. The fourth-order valence-electron chi connectivity index (χ4n) is 1.88. The van der Waals surface area contributed by atoms with Crippen LogP contribution in [0.5, 0.6) is 0 Å². The summed E-state index contributed by atoms with van der Waals surface area (Å²) in [5.74, 6) is -0.642. The van der Waals surface area contributed by atoms with Gasteiger partial charge < -0.3 is 4.74 Å². The summed E-state index contributed by atoms with van der Waals surface area (Å²) in [7, 11) is 1.35. The topological polar surface area (TPSA) is 26.3 Å². The van der Waals surface area contributed by atoms with Gasteiger partial charge in [-0.15, -0.1) is 0 Å². The van der Waals surface area contributed by atoms with E-state index in [0.717, 1.165) is 16.7 Å². The Kier molecular flexibility index (Phi) is 3.42. The van der Waals surface area contributed by atoms with E-state index in [1.165, 1.54) is 19.2 Å². The van der Waals surface area contributed by atoms with Crippen LogP contribution in [0.4, 0.5) is 4.39 Å². The molecule has 2 nitrogen and oxygen atoms in total. The quantitative estimate of drug-likeness (QED) is 0.755. The van der Waals surface area contributed by atoms with Gasteiger partial charge in [0.2, 0.25) is 0 Å². The molecule has 0 bridgehead atoms. The van der Waals surface area contributed by atoms with Gasteiger partial charge in [0.15, 0.2) is 0 Å². The fraction of sp³-hybridized carbons (Fsp3) is 0.133. The minimum Gasteiger partial charge on any atom is -0.465 e. The molecule has 0 heterocycles. The predicted octanol–water partition coefficient (Wildman–Crippen LogP) is 3.59. The largest absolute Gasteiger partial charge is 0.465 e. The summed E-state index contributed by atoms with van der Waals surface area (Å²) in [6, 6.07) is 11.7. The molecule has 0 amide bonds. The number of ether oxygens (including phenoxy) is 1. The van der Waals surface area contributed by atoms with Gasteiger partial charge in [0.05, 0.1) is 12.7 Å². The lowest BCUT2D eigenvalue weighted by atomic mass is 9.99. The van der Waals surface area contributed by atoms with Crippen molar-refractivity contribution in [3.8, 4) is 11.1 Å². The lowest BCUT2D eigenvalue weighted by molar-refractivity contribution is 0.0601. The molecule has 0 spiro atoms. The van der Waals surface area contributed by atoms with Crippen LogP contribution in [-0.2, 0) is 4.74 Å². The maximum absolute atomic E-state index is 13.1. The summed E-state index contributed by atoms with van der Waals surface area (Å²) in [6.07, 6.45) is 0. The second-order valence-electron chi connectivity index (χ2n) is 4.03. The van der Waals surface area contributed by atoms with Crippen LogP contribution in [0.1, 0.15) is 15.9 Å². The van der Waals surface area contributed by atoms with E-state index in [1.54, 1.807) is 24.3 Å². The molecule has 18 heavy (non-hydrogen) atoms. The molecule has 0 unspecified atom stereocenters. The van der Waals surface area contributed by atoms with E-state index >= 15 is 0 Å². The number of hydrogen-bond donors (Lipinski definition) is 0. The number of halogens is 1. The minimum absolute atomic E-state index is 0.264. The Balaban J connectivity index is 2.48. The smallest absolute Gasteiger partial charge is 0.337 e. The van der Waals surface area contributed by atoms with Crippen molar-refractivity contribution in [2.24, 2.45) is 0 Å². The predicted molar refractivity (Wildman–Crippen MR) is 67.9 cm³/mol. The monoisotopic (exact) mass is 244 g/mol. The molecule has 2 rings (SSSR count). The maximum atomic E-state index is 13.1. The van der Waals surface area contributed by atoms with Gasteiger partial charge in [-0.05, 0) is 47.9 Å². The highest BCUT2D eigenvalue weighted by Gasteiger charge is 2.08. The van der Waals surface area contributed by atoms with E-state index in [9.17, 15) is 9.18 Å². The number of hydrogen-bond acceptors (Lipinski definition) is 2. The Bertz CT molecular complexity index is 591. The molecular weight excluding hydrogens is 231 g/mol. The van der Waals surface area contributed by atoms with Crippen LogP contribution in [0.2, 0.25) is 0 Å². The summed E-state index contributed by atoms with van der Waals surface area (Å²) in [4.78, 5) is 11.5. The maximum Gasteiger partial charge on any atom is 0.337 e. The highest BCUT2D eigenvalue weighted by molar-refractivity contribution is 5.91. The molecule has 0 aliphatic rings. The number of rotatable bonds is 2. The molecule has 0 aromatic heterocycles. The summed E-state index contributed by atoms with van der Waals surface area (Å²) < 4.78 is 17.7. The molecule has 2 aromatic carbocycles. The van der Waals surface area contributed by atoms with Gasteiger partial charge >= 0.3 is 5.97 Å². The summed E-state index contributed by atoms with van der Waals surface area (Å²) in [6.45, 7) is 1.84. The molecule has 0 aliphatic heterocycles. The van der Waals surface area contributed by atoms with Gasteiger partial charge in [-0.2, -0.15) is 0 Å². The van der Waals surface area contributed by atoms with E-state index in [4.69, 9.17) is 0 Å². The Morgan fingerprint density at radius 1 is 1.17 bits per heavy atom. The van der Waals surface area contributed by atoms with E-state index in [-0.39, 0.29) is 11.8 Å². The first-order valence-corrected chi connectivity index (χ1v) is 5.56. The highest BCUT2D eigenvalue weighted by Crippen LogP contribution is 2.25. The molecule has 0 saturated carbocycles. The molecule has 92 valence electrons. The summed E-state index contributed by atoms with van der Waals surface area (Å²) in [5.41, 5.74) is 3.09. The van der Waals surface area contributed by atoms with Crippen LogP contribution < -0.4 is 0 Å². The zero-order chi connectivity index (χ0) is 13.1. The van der Waals surface area contributed by atoms with Gasteiger partial charge in [0.25, 0.3) is 0 Å². The van der Waals surface area contributed by atoms with E-state index < -0.39 is 0 Å². The normalized spacial score (nSPS) is 10.2. The van der Waals surface area contributed by atoms with Crippen molar-refractivity contribution in [2.75, 3.05) is 7.11 Å². The number of aryl methyl sites for hydroxylation is 1. The van der Waals surface area contributed by atoms with Crippen molar-refractivity contribution in [2.45, 2.75) is 6.92 Å². The number of carbonyl (C=O) groups excluding carboxylic acids is 1. The van der Waals surface area contributed by atoms with Gasteiger partial charge in [-0.1, -0.05) is 18.2 Å². The first-order chi connectivity index (χ1) is 8.61. The molecule has 0 saturated heterocycles. The first kappa shape index (κ1) is 12.3. The number of carbonyl (C=O) groups is 1. The molecule has 0 atom stereocenters. The van der Waals surface area contributed by atoms with Crippen LogP contribution in [0.25, 0.3) is 11.1 Å². The Morgan fingerprint density at radius 3 is 2.61 bits per heavy atom. The summed E-state index contributed by atoms with van der Waals surface area (Å²) in [5, 5.41) is 0. The lowest BCUT2D eigenvalue weighted by Crippen LogP contribution is -2.00. The van der Waals surface area contributed by atoms with Crippen molar-refractivity contribution in [3.05, 3.63) is 59.4 Å². The van der Waals surface area contributed by atoms with Crippen LogP contribution in [0, 0.1) is 12.7 Å². The molecule has 2 aromatic rings. The van der Waals surface area contributed by atoms with E-state index in [0.29, 0.717) is 5.56 Å². The molecule has 0 radical (unpaired) electrons. The van der Waals surface area contributed by atoms with Gasteiger partial charge in [0.1, 0.15) is 5.82 Å². The number of benzene rings is 2. The van der Waals surface area contributed by atoms with E-state index in [2.05, 4.69) is 4.74 Å². The standard InChI is InChI=1S/C15H13FO2/c1-10-8-13(16)6-7-14(10)11-4-3-5-12(9-11)15(17)18-2/h3-9H,1-2H3. The molecule has 3 heteroatoms. The van der Waals surface area contributed by atoms with Crippen molar-refractivity contribution >= 4 is 5.97 Å². The first-order valence-electron chi connectivity index (χ1n) is 5.56. The van der Waals surface area contributed by atoms with Crippen LogP contribution in [-0.4, -0.2) is 13.1 Å². The third kappa shape index (κ3) is 2.40. The fourth-order valence-corrected chi connectivity index (χ4v) is 1.88. The second-order valence-corrected chi connectivity index (χ2v) is 4.03. The molecule has 0 N–H and O–H groups in total. The Hall–Kier alpha value is -2.16. The minimum atomic E-state index is -0.378. The van der Waals surface area contributed by atoms with Crippen molar-refractivity contribution in [1.29, 1.82) is 0 Å². The van der Waals surface area contributed by atoms with Crippen LogP contribution >= 0.6 is 0 Å². The third-order valence-corrected chi connectivity index (χ3v) is 2.78. The zero-order valence-electron chi connectivity index (χ0n) is 10.2. The number of methoxy groups -OCH3 is 1. The van der Waals surface area contributed by atoms with Crippen molar-refractivity contribution in [1.82, 2.24) is 0 Å². The molecular formula is C15H13FO2. The molecule has 0 aliphatic carbocycles. The third-order valence-electron chi connectivity index (χ3n) is 2.78. The van der Waals surface area contributed by atoms with Gasteiger partial charge in [0, 0.05) is 0 Å². The Morgan fingerprint density at radius 2 is 1.94 bits per heavy atom. The SMILES string of the molecule is COC(=O)c1cccc(-c2ccc(F)cc2C)c1. The lowest BCUT2D eigenvalue weighted by Gasteiger charge is -2.07. The van der Waals surface area contributed by atoms with Crippen LogP contribution in [0.15, 0.2) is 42.5 Å². The van der Waals surface area contributed by atoms with Crippen molar-refractivity contribution in [3.63, 3.8) is 0 Å². The second kappa shape index (κ2) is 5.00. The van der Waals surface area contributed by atoms with Gasteiger partial charge in [-0.3, -0.25) is 0 Å². The summed E-state index contributed by atoms with van der Waals surface area (Å²) >= 11 is 0. The van der Waals surface area contributed by atoms with Gasteiger partial charge in [-0.25, -0.2) is 9.18 Å². The average molecular weight is 244 g/mol. The highest BCUT2D eigenvalue weighted by atomic mass is 19.1. The van der Waals surface area contributed by atoms with Crippen molar-refractivity contribution < 1.29 is 13.9 Å².